The molecule has 0 saturated carbocycles. The lowest BCUT2D eigenvalue weighted by atomic mass is 10.0. The van der Waals surface area contributed by atoms with Gasteiger partial charge in [-0.25, -0.2) is 0 Å². The third-order valence-corrected chi connectivity index (χ3v) is 6.36. The van der Waals surface area contributed by atoms with Crippen molar-refractivity contribution in [1.82, 2.24) is 31.9 Å². The molecule has 14 nitrogen and oxygen atoms in total. The second-order valence-corrected chi connectivity index (χ2v) is 10.1. The van der Waals surface area contributed by atoms with Gasteiger partial charge >= 0.3 is 5.97 Å². The minimum absolute atomic E-state index is 0.0571. The van der Waals surface area contributed by atoms with Crippen LogP contribution in [-0.2, 0) is 35.2 Å². The predicted octanol–water partition coefficient (Wildman–Crippen LogP) is -0.753. The van der Waals surface area contributed by atoms with Gasteiger partial charge in [0.2, 0.25) is 29.5 Å². The van der Waals surface area contributed by atoms with Crippen molar-refractivity contribution in [3.63, 3.8) is 0 Å². The van der Waals surface area contributed by atoms with E-state index >= 15 is 0 Å². The van der Waals surface area contributed by atoms with Crippen molar-refractivity contribution < 1.29 is 38.7 Å². The molecule has 5 atom stereocenters. The summed E-state index contributed by atoms with van der Waals surface area (Å²) in [4.78, 5) is 86.5. The lowest BCUT2D eigenvalue weighted by Gasteiger charge is -2.24. The Hall–Kier alpha value is -5.27. The number of hydrogen-bond donors (Lipinski definition) is 7. The van der Waals surface area contributed by atoms with Gasteiger partial charge < -0.3 is 37.0 Å². The molecule has 0 aliphatic carbocycles. The molecule has 0 fully saturated rings. The first-order valence-electron chi connectivity index (χ1n) is 13.9. The van der Waals surface area contributed by atoms with E-state index in [1.54, 1.807) is 60.7 Å². The zero-order chi connectivity index (χ0) is 32.8. The van der Waals surface area contributed by atoms with Gasteiger partial charge in [-0.05, 0) is 45.4 Å². The van der Waals surface area contributed by atoms with E-state index in [4.69, 9.17) is 5.11 Å². The zero-order valence-electron chi connectivity index (χ0n) is 24.9. The number of rotatable bonds is 15. The zero-order valence-corrected chi connectivity index (χ0v) is 24.9. The normalized spacial score (nSPS) is 13.9. The lowest BCUT2D eigenvalue weighted by molar-refractivity contribution is -0.138. The van der Waals surface area contributed by atoms with Crippen LogP contribution in [0.3, 0.4) is 0 Å². The number of carbonyl (C=O) groups is 7. The van der Waals surface area contributed by atoms with E-state index in [9.17, 15) is 33.6 Å². The van der Waals surface area contributed by atoms with E-state index in [1.807, 2.05) is 0 Å². The summed E-state index contributed by atoms with van der Waals surface area (Å²) < 4.78 is 0. The van der Waals surface area contributed by atoms with Crippen molar-refractivity contribution in [1.29, 1.82) is 0 Å². The number of carbonyl (C=O) groups excluding carboxylic acids is 6. The number of benzene rings is 2. The van der Waals surface area contributed by atoms with Gasteiger partial charge in [-0.1, -0.05) is 48.5 Å². The van der Waals surface area contributed by atoms with Gasteiger partial charge in [0.15, 0.2) is 0 Å². The average molecular weight is 611 g/mol. The van der Waals surface area contributed by atoms with Crippen LogP contribution < -0.4 is 31.9 Å². The molecule has 6 amide bonds. The summed E-state index contributed by atoms with van der Waals surface area (Å²) in [6.45, 7) is 5.00. The van der Waals surface area contributed by atoms with E-state index in [0.717, 1.165) is 0 Å². The first-order valence-corrected chi connectivity index (χ1v) is 13.9. The molecule has 0 aliphatic rings. The molecule has 0 spiro atoms. The summed E-state index contributed by atoms with van der Waals surface area (Å²) in [7, 11) is 0. The van der Waals surface area contributed by atoms with Crippen molar-refractivity contribution >= 4 is 41.4 Å². The summed E-state index contributed by atoms with van der Waals surface area (Å²) in [6, 6.07) is 11.7. The minimum atomic E-state index is -1.25. The van der Waals surface area contributed by atoms with Crippen LogP contribution in [0, 0.1) is 0 Å². The van der Waals surface area contributed by atoms with Crippen LogP contribution >= 0.6 is 0 Å². The quantitative estimate of drug-likeness (QED) is 0.136. The number of hydrogen-bond acceptors (Lipinski definition) is 7. The third-order valence-electron chi connectivity index (χ3n) is 6.36. The maximum atomic E-state index is 13.1. The molecule has 7 N–H and O–H groups in total. The second kappa shape index (κ2) is 17.0. The van der Waals surface area contributed by atoms with Crippen LogP contribution in [-0.4, -0.2) is 83.3 Å². The maximum absolute atomic E-state index is 13.1. The number of amides is 6. The van der Waals surface area contributed by atoms with Crippen molar-refractivity contribution in [2.24, 2.45) is 0 Å². The molecule has 44 heavy (non-hydrogen) atoms. The SMILES string of the molecule is C[C@H](NC(=O)c1ccccc1)C(=O)N[C@@H](C)C(=O)N[C@@H](C)C(=O)N[C@@H](Cc1ccccc1)C(=O)N[C@@H](C)C(=O)NCC(=O)O. The Morgan fingerprint density at radius 1 is 0.568 bits per heavy atom. The van der Waals surface area contributed by atoms with E-state index in [2.05, 4.69) is 31.9 Å². The summed E-state index contributed by atoms with van der Waals surface area (Å²) in [5.41, 5.74) is 1.07. The summed E-state index contributed by atoms with van der Waals surface area (Å²) in [6.07, 6.45) is 0.0571. The van der Waals surface area contributed by atoms with E-state index in [0.29, 0.717) is 11.1 Å². The Labute approximate surface area is 254 Å². The predicted molar refractivity (Wildman–Crippen MR) is 159 cm³/mol. The first kappa shape index (κ1) is 34.9. The van der Waals surface area contributed by atoms with Gasteiger partial charge in [-0.2, -0.15) is 0 Å². The van der Waals surface area contributed by atoms with E-state index < -0.39 is 78.2 Å². The minimum Gasteiger partial charge on any atom is -0.480 e. The molecule has 0 radical (unpaired) electrons. The fraction of sp³-hybridized carbons (Fsp3) is 0.367. The highest BCUT2D eigenvalue weighted by Gasteiger charge is 2.28. The third kappa shape index (κ3) is 11.5. The largest absolute Gasteiger partial charge is 0.480 e. The molecular formula is C30H38N6O8. The molecule has 0 aliphatic heterocycles. The molecule has 0 unspecified atom stereocenters. The lowest BCUT2D eigenvalue weighted by Crippen LogP contribution is -2.58. The van der Waals surface area contributed by atoms with Crippen LogP contribution in [0.15, 0.2) is 60.7 Å². The smallest absolute Gasteiger partial charge is 0.322 e. The Morgan fingerprint density at radius 2 is 1.00 bits per heavy atom. The highest BCUT2D eigenvalue weighted by Crippen LogP contribution is 2.05. The molecule has 2 rings (SSSR count). The molecule has 2 aromatic carbocycles. The van der Waals surface area contributed by atoms with Crippen LogP contribution in [0.4, 0.5) is 0 Å². The number of aliphatic carboxylic acids is 1. The monoisotopic (exact) mass is 610 g/mol. The Morgan fingerprint density at radius 3 is 1.52 bits per heavy atom. The molecule has 2 aromatic rings. The number of nitrogens with one attached hydrogen (secondary N) is 6. The standard InChI is InChI=1S/C30H38N6O8/c1-17(25(39)31-16-24(37)38)35-30(44)23(15-21-11-7-5-8-12-21)36-28(42)20(4)33-26(40)18(2)32-27(41)19(3)34-29(43)22-13-9-6-10-14-22/h5-14,17-20,23H,15-16H2,1-4H3,(H,31,39)(H,32,41)(H,33,40)(H,34,43)(H,35,44)(H,36,42)(H,37,38)/t17-,18-,19-,20-,23-/m0/s1. The van der Waals surface area contributed by atoms with Gasteiger partial charge in [0.1, 0.15) is 36.8 Å². The Bertz CT molecular complexity index is 1340. The molecule has 14 heteroatoms. The fourth-order valence-corrected chi connectivity index (χ4v) is 3.79. The summed E-state index contributed by atoms with van der Waals surface area (Å²) in [5.74, 6) is -5.15. The summed E-state index contributed by atoms with van der Waals surface area (Å²) >= 11 is 0. The molecule has 0 bridgehead atoms. The second-order valence-electron chi connectivity index (χ2n) is 10.1. The van der Waals surface area contributed by atoms with Crippen molar-refractivity contribution in [2.45, 2.75) is 64.3 Å². The van der Waals surface area contributed by atoms with Crippen LogP contribution in [0.2, 0.25) is 0 Å². The Kier molecular flexibility index (Phi) is 13.5. The van der Waals surface area contributed by atoms with E-state index in [1.165, 1.54) is 27.7 Å². The van der Waals surface area contributed by atoms with Crippen molar-refractivity contribution in [2.75, 3.05) is 6.54 Å². The van der Waals surface area contributed by atoms with Gasteiger partial charge in [-0.3, -0.25) is 33.6 Å². The first-order chi connectivity index (χ1) is 20.8. The van der Waals surface area contributed by atoms with Crippen LogP contribution in [0.25, 0.3) is 0 Å². The Balaban J connectivity index is 1.97. The molecule has 236 valence electrons. The highest BCUT2D eigenvalue weighted by molar-refractivity contribution is 5.99. The van der Waals surface area contributed by atoms with Gasteiger partial charge in [0.25, 0.3) is 5.91 Å². The topological polar surface area (TPSA) is 212 Å². The van der Waals surface area contributed by atoms with Gasteiger partial charge in [0, 0.05) is 12.0 Å². The highest BCUT2D eigenvalue weighted by atomic mass is 16.4. The maximum Gasteiger partial charge on any atom is 0.322 e. The molecule has 0 heterocycles. The molecule has 0 saturated heterocycles. The molecule has 0 aromatic heterocycles. The van der Waals surface area contributed by atoms with Crippen molar-refractivity contribution in [3.8, 4) is 0 Å². The van der Waals surface area contributed by atoms with Crippen LogP contribution in [0.5, 0.6) is 0 Å². The van der Waals surface area contributed by atoms with Crippen LogP contribution in [0.1, 0.15) is 43.6 Å². The number of carboxylic acids is 1. The van der Waals surface area contributed by atoms with Gasteiger partial charge in [-0.15, -0.1) is 0 Å². The van der Waals surface area contributed by atoms with Gasteiger partial charge in [0.05, 0.1) is 0 Å². The molecular weight excluding hydrogens is 572 g/mol. The number of carboxylic acid groups (broad SMARTS) is 1. The fourth-order valence-electron chi connectivity index (χ4n) is 3.79. The van der Waals surface area contributed by atoms with Crippen molar-refractivity contribution in [3.05, 3.63) is 71.8 Å². The average Bonchev–Trinajstić information content (AvgIpc) is 2.99. The van der Waals surface area contributed by atoms with E-state index in [-0.39, 0.29) is 6.42 Å². The summed E-state index contributed by atoms with van der Waals surface area (Å²) in [5, 5.41) is 23.5.